The van der Waals surface area contributed by atoms with E-state index in [1.54, 1.807) is 25.3 Å². The minimum atomic E-state index is -1.07. The number of nitrogens with zero attached hydrogens (tertiary/aromatic N) is 1. The molecule has 6 nitrogen and oxygen atoms in total. The van der Waals surface area contributed by atoms with Crippen LogP contribution in [0.15, 0.2) is 77.8 Å². The highest BCUT2D eigenvalue weighted by molar-refractivity contribution is 6.31. The zero-order valence-corrected chi connectivity index (χ0v) is 18.2. The molecule has 1 aliphatic rings. The van der Waals surface area contributed by atoms with Gasteiger partial charge in [-0.2, -0.15) is 0 Å². The average Bonchev–Trinajstić information content (AvgIpc) is 2.94. The summed E-state index contributed by atoms with van der Waals surface area (Å²) in [4.78, 5) is 30.2. The first-order chi connectivity index (χ1) is 15.5. The number of hydrogen-bond donors (Lipinski definition) is 2. The number of hydrogen-bond acceptors (Lipinski definition) is 4. The van der Waals surface area contributed by atoms with Crippen LogP contribution in [0.3, 0.4) is 0 Å². The second-order valence-electron chi connectivity index (χ2n) is 7.30. The SMILES string of the molecule is COc1ccccc1CCC(=O)NC1N=C(c2cccc(Cl)c2)c2ccccc2NC1=O. The van der Waals surface area contributed by atoms with E-state index in [-0.39, 0.29) is 12.3 Å². The van der Waals surface area contributed by atoms with Gasteiger partial charge in [-0.25, -0.2) is 4.99 Å². The Balaban J connectivity index is 1.58. The Morgan fingerprint density at radius 3 is 2.69 bits per heavy atom. The summed E-state index contributed by atoms with van der Waals surface area (Å²) in [5, 5.41) is 6.18. The number of benzodiazepines with no additional fused rings is 1. The number of methoxy groups -OCH3 is 1. The monoisotopic (exact) mass is 447 g/mol. The summed E-state index contributed by atoms with van der Waals surface area (Å²) in [6.45, 7) is 0. The summed E-state index contributed by atoms with van der Waals surface area (Å²) in [5.41, 5.74) is 3.65. The molecule has 0 aromatic heterocycles. The molecule has 32 heavy (non-hydrogen) atoms. The van der Waals surface area contributed by atoms with Crippen molar-refractivity contribution in [2.75, 3.05) is 12.4 Å². The summed E-state index contributed by atoms with van der Waals surface area (Å²) in [6, 6.07) is 22.2. The van der Waals surface area contributed by atoms with Crippen molar-refractivity contribution in [1.82, 2.24) is 5.32 Å². The van der Waals surface area contributed by atoms with Crippen LogP contribution in [0.2, 0.25) is 5.02 Å². The smallest absolute Gasteiger partial charge is 0.269 e. The molecular weight excluding hydrogens is 426 g/mol. The number of aliphatic imine (C=N–C) groups is 1. The molecule has 162 valence electrons. The maximum absolute atomic E-state index is 12.9. The van der Waals surface area contributed by atoms with Crippen molar-refractivity contribution in [2.45, 2.75) is 19.0 Å². The van der Waals surface area contributed by atoms with E-state index in [9.17, 15) is 9.59 Å². The van der Waals surface area contributed by atoms with Crippen LogP contribution in [-0.2, 0) is 16.0 Å². The maximum Gasteiger partial charge on any atom is 0.269 e. The Bertz CT molecular complexity index is 1190. The van der Waals surface area contributed by atoms with E-state index in [0.717, 1.165) is 22.4 Å². The first kappa shape index (κ1) is 21.6. The van der Waals surface area contributed by atoms with Crippen molar-refractivity contribution in [3.8, 4) is 5.75 Å². The van der Waals surface area contributed by atoms with Crippen LogP contribution in [0.25, 0.3) is 0 Å². The Hall–Kier alpha value is -3.64. The molecule has 1 heterocycles. The zero-order chi connectivity index (χ0) is 22.5. The van der Waals surface area contributed by atoms with Gasteiger partial charge in [0.15, 0.2) is 0 Å². The minimum absolute atomic E-state index is 0.194. The summed E-state index contributed by atoms with van der Waals surface area (Å²) >= 11 is 6.19. The van der Waals surface area contributed by atoms with Crippen LogP contribution in [0.1, 0.15) is 23.1 Å². The van der Waals surface area contributed by atoms with Crippen molar-refractivity contribution in [3.05, 3.63) is 94.5 Å². The lowest BCUT2D eigenvalue weighted by molar-refractivity contribution is -0.126. The van der Waals surface area contributed by atoms with E-state index in [1.807, 2.05) is 54.6 Å². The molecule has 2 N–H and O–H groups in total. The molecule has 0 saturated carbocycles. The number of amides is 2. The summed E-state index contributed by atoms with van der Waals surface area (Å²) < 4.78 is 5.34. The maximum atomic E-state index is 12.9. The largest absolute Gasteiger partial charge is 0.496 e. The number of carbonyl (C=O) groups excluding carboxylic acids is 2. The number of para-hydroxylation sites is 2. The van der Waals surface area contributed by atoms with Crippen LogP contribution < -0.4 is 15.4 Å². The number of carbonyl (C=O) groups is 2. The molecule has 0 fully saturated rings. The normalized spacial score (nSPS) is 15.1. The number of ether oxygens (including phenoxy) is 1. The molecule has 3 aromatic carbocycles. The number of fused-ring (bicyclic) bond motifs is 1. The molecule has 3 aromatic rings. The number of nitrogens with one attached hydrogen (secondary N) is 2. The van der Waals surface area contributed by atoms with Crippen molar-refractivity contribution >= 4 is 34.8 Å². The third kappa shape index (κ3) is 4.81. The molecule has 1 atom stereocenters. The van der Waals surface area contributed by atoms with E-state index >= 15 is 0 Å². The molecule has 4 rings (SSSR count). The van der Waals surface area contributed by atoms with Gasteiger partial charge in [-0.3, -0.25) is 9.59 Å². The van der Waals surface area contributed by atoms with E-state index in [2.05, 4.69) is 15.6 Å². The Kier molecular flexibility index (Phi) is 6.52. The zero-order valence-electron chi connectivity index (χ0n) is 17.5. The number of rotatable bonds is 6. The van der Waals surface area contributed by atoms with Crippen LogP contribution >= 0.6 is 11.6 Å². The Labute approximate surface area is 191 Å². The minimum Gasteiger partial charge on any atom is -0.496 e. The second kappa shape index (κ2) is 9.66. The number of benzene rings is 3. The quantitative estimate of drug-likeness (QED) is 0.594. The molecule has 2 amide bonds. The molecule has 0 bridgehead atoms. The average molecular weight is 448 g/mol. The fourth-order valence-electron chi connectivity index (χ4n) is 3.60. The second-order valence-corrected chi connectivity index (χ2v) is 7.74. The first-order valence-corrected chi connectivity index (χ1v) is 10.6. The first-order valence-electron chi connectivity index (χ1n) is 10.2. The van der Waals surface area contributed by atoms with Crippen molar-refractivity contribution < 1.29 is 14.3 Å². The summed E-state index contributed by atoms with van der Waals surface area (Å²) in [6.07, 6.45) is -0.393. The molecule has 0 aliphatic carbocycles. The molecule has 0 saturated heterocycles. The summed E-state index contributed by atoms with van der Waals surface area (Å²) in [5.74, 6) is 0.0422. The van der Waals surface area contributed by atoms with Crippen molar-refractivity contribution in [1.29, 1.82) is 0 Å². The van der Waals surface area contributed by atoms with Gasteiger partial charge in [0, 0.05) is 22.6 Å². The lowest BCUT2D eigenvalue weighted by atomic mass is 10.0. The van der Waals surface area contributed by atoms with Crippen LogP contribution in [0.5, 0.6) is 5.75 Å². The fourth-order valence-corrected chi connectivity index (χ4v) is 3.79. The van der Waals surface area contributed by atoms with Gasteiger partial charge in [-0.1, -0.05) is 60.1 Å². The molecule has 0 radical (unpaired) electrons. The van der Waals surface area contributed by atoms with Gasteiger partial charge in [0.1, 0.15) is 5.75 Å². The molecule has 1 unspecified atom stereocenters. The third-order valence-electron chi connectivity index (χ3n) is 5.16. The van der Waals surface area contributed by atoms with Gasteiger partial charge in [-0.05, 0) is 36.2 Å². The summed E-state index contributed by atoms with van der Waals surface area (Å²) in [7, 11) is 1.60. The van der Waals surface area contributed by atoms with Crippen molar-refractivity contribution in [3.63, 3.8) is 0 Å². The molecular formula is C25H22ClN3O3. The van der Waals surface area contributed by atoms with Gasteiger partial charge in [0.2, 0.25) is 12.1 Å². The van der Waals surface area contributed by atoms with E-state index < -0.39 is 12.1 Å². The lowest BCUT2D eigenvalue weighted by Gasteiger charge is -2.14. The van der Waals surface area contributed by atoms with E-state index in [4.69, 9.17) is 16.3 Å². The van der Waals surface area contributed by atoms with Crippen LogP contribution in [0.4, 0.5) is 5.69 Å². The predicted octanol–water partition coefficient (Wildman–Crippen LogP) is 4.21. The highest BCUT2D eigenvalue weighted by atomic mass is 35.5. The number of anilines is 1. The molecule has 1 aliphatic heterocycles. The fraction of sp³-hybridized carbons (Fsp3) is 0.160. The highest BCUT2D eigenvalue weighted by Crippen LogP contribution is 2.25. The van der Waals surface area contributed by atoms with Crippen LogP contribution in [-0.4, -0.2) is 30.8 Å². The van der Waals surface area contributed by atoms with Crippen molar-refractivity contribution in [2.24, 2.45) is 4.99 Å². The van der Waals surface area contributed by atoms with E-state index in [1.165, 1.54) is 0 Å². The van der Waals surface area contributed by atoms with E-state index in [0.29, 0.717) is 22.8 Å². The van der Waals surface area contributed by atoms with Gasteiger partial charge < -0.3 is 15.4 Å². The standard InChI is InChI=1S/C25H22ClN3O3/c1-32-21-12-5-2-7-16(21)13-14-22(30)28-24-25(31)27-20-11-4-3-10-19(20)23(29-24)17-8-6-9-18(26)15-17/h2-12,15,24H,13-14H2,1H3,(H,27,31)(H,28,30). The van der Waals surface area contributed by atoms with Crippen LogP contribution in [0, 0.1) is 0 Å². The topological polar surface area (TPSA) is 79.8 Å². The Morgan fingerprint density at radius 2 is 1.88 bits per heavy atom. The molecule has 7 heteroatoms. The third-order valence-corrected chi connectivity index (χ3v) is 5.39. The molecule has 0 spiro atoms. The lowest BCUT2D eigenvalue weighted by Crippen LogP contribution is -2.42. The number of halogens is 1. The Morgan fingerprint density at radius 1 is 1.09 bits per heavy atom. The predicted molar refractivity (Wildman–Crippen MR) is 125 cm³/mol. The van der Waals surface area contributed by atoms with Gasteiger partial charge >= 0.3 is 0 Å². The number of aryl methyl sites for hydroxylation is 1. The van der Waals surface area contributed by atoms with Gasteiger partial charge in [0.05, 0.1) is 18.5 Å². The van der Waals surface area contributed by atoms with Gasteiger partial charge in [0.25, 0.3) is 5.91 Å². The highest BCUT2D eigenvalue weighted by Gasteiger charge is 2.27. The van der Waals surface area contributed by atoms with Gasteiger partial charge in [-0.15, -0.1) is 0 Å².